The molecule has 4 fully saturated rings. The van der Waals surface area contributed by atoms with Crippen molar-refractivity contribution in [2.75, 3.05) is 12.9 Å². The summed E-state index contributed by atoms with van der Waals surface area (Å²) in [6.45, 7) is 1.97. The van der Waals surface area contributed by atoms with Gasteiger partial charge in [-0.05, 0) is 80.9 Å². The highest BCUT2D eigenvalue weighted by molar-refractivity contribution is 7.99. The molecule has 6 rings (SSSR count). The molecule has 5 nitrogen and oxygen atoms in total. The molecular formula is C27H32N2O3S. The van der Waals surface area contributed by atoms with Crippen LogP contribution in [0.15, 0.2) is 47.5 Å². The second-order valence-corrected chi connectivity index (χ2v) is 11.2. The van der Waals surface area contributed by atoms with E-state index in [0.29, 0.717) is 23.3 Å². The van der Waals surface area contributed by atoms with Crippen molar-refractivity contribution in [3.63, 3.8) is 0 Å². The number of amides is 1. The highest BCUT2D eigenvalue weighted by Gasteiger charge is 2.59. The summed E-state index contributed by atoms with van der Waals surface area (Å²) in [6, 6.07) is 14.4. The van der Waals surface area contributed by atoms with Gasteiger partial charge in [-0.25, -0.2) is 4.98 Å². The number of aryl methyl sites for hydroxylation is 2. The first-order chi connectivity index (χ1) is 16.0. The zero-order chi connectivity index (χ0) is 23.0. The molecule has 1 aromatic heterocycles. The van der Waals surface area contributed by atoms with Crippen molar-refractivity contribution in [3.05, 3.63) is 59.3 Å². The largest absolute Gasteiger partial charge is 0.469 e. The maximum atomic E-state index is 13.4. The smallest absolute Gasteiger partial charge is 0.311 e. The lowest BCUT2D eigenvalue weighted by Gasteiger charge is -2.58. The molecule has 6 heteroatoms. The van der Waals surface area contributed by atoms with Crippen LogP contribution in [0, 0.1) is 30.1 Å². The van der Waals surface area contributed by atoms with E-state index >= 15 is 0 Å². The molecule has 4 aliphatic carbocycles. The predicted molar refractivity (Wildman–Crippen MR) is 129 cm³/mol. The molecule has 1 aromatic carbocycles. The van der Waals surface area contributed by atoms with Gasteiger partial charge in [-0.2, -0.15) is 0 Å². The summed E-state index contributed by atoms with van der Waals surface area (Å²) in [5, 5.41) is 4.18. The van der Waals surface area contributed by atoms with Gasteiger partial charge in [-0.3, -0.25) is 9.59 Å². The number of aromatic nitrogens is 1. The van der Waals surface area contributed by atoms with Crippen molar-refractivity contribution < 1.29 is 14.3 Å². The molecule has 4 saturated carbocycles. The van der Waals surface area contributed by atoms with Crippen LogP contribution in [0.25, 0.3) is 0 Å². The fraction of sp³-hybridized carbons (Fsp3) is 0.519. The second-order valence-electron chi connectivity index (χ2n) is 10.1. The van der Waals surface area contributed by atoms with Crippen LogP contribution >= 0.6 is 11.8 Å². The van der Waals surface area contributed by atoms with E-state index in [-0.39, 0.29) is 23.3 Å². The normalized spacial score (nSPS) is 29.6. The molecule has 2 atom stereocenters. The average molecular weight is 465 g/mol. The third-order valence-corrected chi connectivity index (χ3v) is 8.90. The topological polar surface area (TPSA) is 68.3 Å². The fourth-order valence-corrected chi connectivity index (χ4v) is 7.74. The van der Waals surface area contributed by atoms with E-state index in [4.69, 9.17) is 9.72 Å². The molecule has 1 N–H and O–H groups in total. The van der Waals surface area contributed by atoms with E-state index in [1.54, 1.807) is 11.8 Å². The number of hydrogen-bond donors (Lipinski definition) is 1. The Bertz CT molecular complexity index is 1020. The maximum Gasteiger partial charge on any atom is 0.311 e. The summed E-state index contributed by atoms with van der Waals surface area (Å²) in [5.74, 6) is 2.08. The van der Waals surface area contributed by atoms with Crippen molar-refractivity contribution in [2.45, 2.75) is 56.5 Å². The van der Waals surface area contributed by atoms with Gasteiger partial charge in [-0.15, -0.1) is 11.8 Å². The van der Waals surface area contributed by atoms with Crippen LogP contribution in [0.2, 0.25) is 0 Å². The predicted octanol–water partition coefficient (Wildman–Crippen LogP) is 4.82. The van der Waals surface area contributed by atoms with Crippen LogP contribution in [0.3, 0.4) is 0 Å². The minimum absolute atomic E-state index is 0.0331. The number of thioether (sulfide) groups is 1. The van der Waals surface area contributed by atoms with Crippen LogP contribution in [0.1, 0.15) is 53.7 Å². The van der Waals surface area contributed by atoms with E-state index in [9.17, 15) is 9.59 Å². The molecule has 4 aliphatic rings. The molecule has 174 valence electrons. The van der Waals surface area contributed by atoms with E-state index in [1.807, 2.05) is 25.1 Å². The van der Waals surface area contributed by atoms with Crippen LogP contribution in [-0.2, 0) is 16.0 Å². The second kappa shape index (κ2) is 9.13. The molecule has 2 unspecified atom stereocenters. The molecule has 1 amide bonds. The number of carbonyl (C=O) groups excluding carboxylic acids is 2. The van der Waals surface area contributed by atoms with E-state index < -0.39 is 0 Å². The van der Waals surface area contributed by atoms with Crippen molar-refractivity contribution in [1.82, 2.24) is 10.3 Å². The zero-order valence-corrected chi connectivity index (χ0v) is 20.2. The van der Waals surface area contributed by atoms with E-state index in [1.165, 1.54) is 12.7 Å². The van der Waals surface area contributed by atoms with Gasteiger partial charge in [0.05, 0.1) is 18.1 Å². The standard InChI is InChI=1S/C27H32N2O3S/c1-17-8-9-22(25(28-17)33-11-10-18-6-4-3-5-7-18)24(30)29-23-20-12-19-13-21(23)16-27(14-19,15-20)26(31)32-2/h3-9,19-21,23H,10-16H2,1-2H3,(H,29,30)/t19?,20?,21?,23-,27-. The molecule has 0 saturated heterocycles. The van der Waals surface area contributed by atoms with Gasteiger partial charge < -0.3 is 10.1 Å². The number of nitrogens with one attached hydrogen (secondary N) is 1. The van der Waals surface area contributed by atoms with E-state index in [2.05, 4.69) is 29.6 Å². The number of nitrogens with zero attached hydrogens (tertiary/aromatic N) is 1. The summed E-state index contributed by atoms with van der Waals surface area (Å²) in [4.78, 5) is 30.7. The molecular weight excluding hydrogens is 432 g/mol. The number of ether oxygens (including phenoxy) is 1. The monoisotopic (exact) mass is 464 g/mol. The number of hydrogen-bond acceptors (Lipinski definition) is 5. The average Bonchev–Trinajstić information content (AvgIpc) is 2.81. The SMILES string of the molecule is COC(=O)[C@]12CC3CC(C1)[C@@H](NC(=O)c1ccc(C)nc1SCCc1ccccc1)C(C3)C2. The first-order valence-electron chi connectivity index (χ1n) is 12.0. The number of methoxy groups -OCH3 is 1. The lowest BCUT2D eigenvalue weighted by molar-refractivity contribution is -0.170. The first kappa shape index (κ1) is 22.5. The third-order valence-electron chi connectivity index (χ3n) is 7.91. The van der Waals surface area contributed by atoms with E-state index in [0.717, 1.165) is 55.0 Å². The molecule has 0 aliphatic heterocycles. The zero-order valence-electron chi connectivity index (χ0n) is 19.4. The summed E-state index contributed by atoms with van der Waals surface area (Å²) in [6.07, 6.45) is 5.77. The Kier molecular flexibility index (Phi) is 6.21. The van der Waals surface area contributed by atoms with Gasteiger partial charge in [0.15, 0.2) is 0 Å². The Morgan fingerprint density at radius 1 is 1.09 bits per heavy atom. The van der Waals surface area contributed by atoms with Crippen LogP contribution in [-0.4, -0.2) is 35.8 Å². The fourth-order valence-electron chi connectivity index (χ4n) is 6.68. The minimum Gasteiger partial charge on any atom is -0.469 e. The summed E-state index contributed by atoms with van der Waals surface area (Å²) in [7, 11) is 1.50. The molecule has 1 heterocycles. The van der Waals surface area contributed by atoms with Crippen molar-refractivity contribution in [2.24, 2.45) is 23.2 Å². The number of rotatable bonds is 7. The summed E-state index contributed by atoms with van der Waals surface area (Å²) >= 11 is 1.65. The quantitative estimate of drug-likeness (QED) is 0.470. The Labute approximate surface area is 200 Å². The first-order valence-corrected chi connectivity index (χ1v) is 13.0. The maximum absolute atomic E-state index is 13.4. The van der Waals surface area contributed by atoms with Gasteiger partial charge in [0.25, 0.3) is 5.91 Å². The Morgan fingerprint density at radius 2 is 1.82 bits per heavy atom. The van der Waals surface area contributed by atoms with Gasteiger partial charge in [0.2, 0.25) is 0 Å². The van der Waals surface area contributed by atoms with Gasteiger partial charge >= 0.3 is 5.97 Å². The minimum atomic E-state index is -0.323. The molecule has 2 aromatic rings. The van der Waals surface area contributed by atoms with Gasteiger partial charge in [0, 0.05) is 17.5 Å². The molecule has 0 radical (unpaired) electrons. The highest BCUT2D eigenvalue weighted by atomic mass is 32.2. The number of benzene rings is 1. The van der Waals surface area contributed by atoms with Crippen LogP contribution in [0.5, 0.6) is 0 Å². The Morgan fingerprint density at radius 3 is 2.52 bits per heavy atom. The summed E-state index contributed by atoms with van der Waals surface area (Å²) < 4.78 is 5.18. The van der Waals surface area contributed by atoms with Gasteiger partial charge in [0.1, 0.15) is 5.03 Å². The van der Waals surface area contributed by atoms with Crippen LogP contribution < -0.4 is 5.32 Å². The summed E-state index contributed by atoms with van der Waals surface area (Å²) in [5.41, 5.74) is 2.55. The Hall–Kier alpha value is -2.34. The third kappa shape index (κ3) is 4.42. The molecule has 33 heavy (non-hydrogen) atoms. The lowest BCUT2D eigenvalue weighted by Crippen LogP contribution is -2.61. The number of carbonyl (C=O) groups is 2. The van der Waals surface area contributed by atoms with Crippen LogP contribution in [0.4, 0.5) is 0 Å². The molecule has 0 spiro atoms. The Balaban J connectivity index is 1.28. The molecule has 4 bridgehead atoms. The lowest BCUT2D eigenvalue weighted by atomic mass is 9.48. The highest BCUT2D eigenvalue weighted by Crippen LogP contribution is 2.60. The van der Waals surface area contributed by atoms with Crippen molar-refractivity contribution >= 4 is 23.6 Å². The number of esters is 1. The van der Waals surface area contributed by atoms with Gasteiger partial charge in [-0.1, -0.05) is 30.3 Å². The van der Waals surface area contributed by atoms with Crippen molar-refractivity contribution in [3.8, 4) is 0 Å². The number of pyridine rings is 1. The van der Waals surface area contributed by atoms with Crippen molar-refractivity contribution in [1.29, 1.82) is 0 Å².